The molecule has 2 aromatic heterocycles. The van der Waals surface area contributed by atoms with Gasteiger partial charge in [0.2, 0.25) is 0 Å². The average Bonchev–Trinajstić information content (AvgIpc) is 2.86. The first kappa shape index (κ1) is 11.4. The van der Waals surface area contributed by atoms with Gasteiger partial charge < -0.3 is 4.42 Å². The largest absolute Gasteiger partial charge is 0.456 e. The summed E-state index contributed by atoms with van der Waals surface area (Å²) in [5, 5.41) is 4.18. The molecule has 2 rings (SSSR count). The van der Waals surface area contributed by atoms with Gasteiger partial charge in [0.25, 0.3) is 0 Å². The van der Waals surface area contributed by atoms with Crippen LogP contribution >= 0.6 is 0 Å². The Morgan fingerprint density at radius 3 is 2.94 bits per heavy atom. The van der Waals surface area contributed by atoms with Crippen LogP contribution in [-0.4, -0.2) is 15.7 Å². The molecule has 2 heterocycles. The molecule has 0 radical (unpaired) electrons. The Balaban J connectivity index is 2.21. The number of amides is 1. The highest BCUT2D eigenvalue weighted by Gasteiger charge is 2.13. The van der Waals surface area contributed by atoms with E-state index < -0.39 is 5.91 Å². The molecular formula is C11H14N4O2. The number of aryl methyl sites for hydroxylation is 2. The lowest BCUT2D eigenvalue weighted by Crippen LogP contribution is -2.29. The fraction of sp³-hybridized carbons (Fsp3) is 0.273. The van der Waals surface area contributed by atoms with Crippen LogP contribution in [0.1, 0.15) is 27.4 Å². The van der Waals surface area contributed by atoms with Crippen molar-refractivity contribution in [2.45, 2.75) is 20.4 Å². The summed E-state index contributed by atoms with van der Waals surface area (Å²) >= 11 is 0. The first-order chi connectivity index (χ1) is 8.10. The van der Waals surface area contributed by atoms with E-state index in [0.29, 0.717) is 12.3 Å². The van der Waals surface area contributed by atoms with Gasteiger partial charge in [-0.2, -0.15) is 5.10 Å². The van der Waals surface area contributed by atoms with Crippen LogP contribution in [0.5, 0.6) is 0 Å². The van der Waals surface area contributed by atoms with Crippen molar-refractivity contribution in [1.82, 2.24) is 15.2 Å². The van der Waals surface area contributed by atoms with Gasteiger partial charge in [0.15, 0.2) is 5.76 Å². The van der Waals surface area contributed by atoms with Crippen LogP contribution in [0.25, 0.3) is 0 Å². The molecule has 0 fully saturated rings. The Bertz CT molecular complexity index is 541. The maximum absolute atomic E-state index is 11.3. The van der Waals surface area contributed by atoms with Crippen molar-refractivity contribution in [1.29, 1.82) is 0 Å². The number of nitrogen functional groups attached to an aromatic ring is 1. The van der Waals surface area contributed by atoms with Crippen molar-refractivity contribution in [2.75, 3.05) is 0 Å². The topological polar surface area (TPSA) is 86.1 Å². The van der Waals surface area contributed by atoms with Gasteiger partial charge >= 0.3 is 5.91 Å². The molecule has 1 amide bonds. The van der Waals surface area contributed by atoms with Gasteiger partial charge in [0.05, 0.1) is 12.7 Å². The second-order valence-electron chi connectivity index (χ2n) is 3.88. The molecule has 0 saturated heterocycles. The van der Waals surface area contributed by atoms with Crippen LogP contribution < -0.4 is 11.3 Å². The van der Waals surface area contributed by atoms with Gasteiger partial charge in [-0.3, -0.25) is 14.9 Å². The summed E-state index contributed by atoms with van der Waals surface area (Å²) in [6, 6.07) is 1.68. The number of carbonyl (C=O) groups excluding carboxylic acids is 1. The number of carbonyl (C=O) groups is 1. The van der Waals surface area contributed by atoms with Gasteiger partial charge in [0, 0.05) is 11.8 Å². The van der Waals surface area contributed by atoms with Gasteiger partial charge in [-0.15, -0.1) is 0 Å². The fourth-order valence-corrected chi connectivity index (χ4v) is 1.59. The SMILES string of the molecule is Cc1cnn(Cc2cc(C(=O)NN)oc2C)c1. The summed E-state index contributed by atoms with van der Waals surface area (Å²) in [6.45, 7) is 4.35. The van der Waals surface area contributed by atoms with E-state index in [1.807, 2.05) is 18.5 Å². The number of hydrogen-bond acceptors (Lipinski definition) is 4. The third-order valence-electron chi connectivity index (χ3n) is 2.47. The lowest BCUT2D eigenvalue weighted by molar-refractivity contribution is 0.0924. The molecule has 2 aromatic rings. The van der Waals surface area contributed by atoms with E-state index in [9.17, 15) is 4.79 Å². The van der Waals surface area contributed by atoms with Crippen LogP contribution in [0.15, 0.2) is 22.9 Å². The number of hydrazine groups is 1. The van der Waals surface area contributed by atoms with E-state index in [0.717, 1.165) is 11.1 Å². The highest BCUT2D eigenvalue weighted by atomic mass is 16.4. The predicted octanol–water partition coefficient (Wildman–Crippen LogP) is 0.745. The summed E-state index contributed by atoms with van der Waals surface area (Å²) in [6.07, 6.45) is 3.71. The zero-order valence-corrected chi connectivity index (χ0v) is 9.73. The molecule has 0 aliphatic rings. The van der Waals surface area contributed by atoms with Crippen molar-refractivity contribution in [2.24, 2.45) is 5.84 Å². The number of furan rings is 1. The van der Waals surface area contributed by atoms with E-state index in [-0.39, 0.29) is 5.76 Å². The van der Waals surface area contributed by atoms with Crippen LogP contribution in [0.4, 0.5) is 0 Å². The number of rotatable bonds is 3. The zero-order chi connectivity index (χ0) is 12.4. The smallest absolute Gasteiger partial charge is 0.300 e. The van der Waals surface area contributed by atoms with Gasteiger partial charge in [-0.05, 0) is 25.5 Å². The third kappa shape index (κ3) is 2.36. The van der Waals surface area contributed by atoms with Gasteiger partial charge in [-0.25, -0.2) is 5.84 Å². The second kappa shape index (κ2) is 4.42. The molecule has 0 aromatic carbocycles. The summed E-state index contributed by atoms with van der Waals surface area (Å²) in [4.78, 5) is 11.3. The van der Waals surface area contributed by atoms with Crippen molar-refractivity contribution < 1.29 is 9.21 Å². The predicted molar refractivity (Wildman–Crippen MR) is 61.2 cm³/mol. The van der Waals surface area contributed by atoms with E-state index in [1.165, 1.54) is 0 Å². The molecule has 6 nitrogen and oxygen atoms in total. The van der Waals surface area contributed by atoms with E-state index >= 15 is 0 Å². The normalized spacial score (nSPS) is 10.5. The molecule has 3 N–H and O–H groups in total. The first-order valence-electron chi connectivity index (χ1n) is 5.19. The summed E-state index contributed by atoms with van der Waals surface area (Å²) in [7, 11) is 0. The highest BCUT2D eigenvalue weighted by Crippen LogP contribution is 2.15. The van der Waals surface area contributed by atoms with Crippen LogP contribution in [-0.2, 0) is 6.54 Å². The van der Waals surface area contributed by atoms with Crippen LogP contribution in [0.2, 0.25) is 0 Å². The second-order valence-corrected chi connectivity index (χ2v) is 3.88. The minimum atomic E-state index is -0.434. The lowest BCUT2D eigenvalue weighted by Gasteiger charge is -1.98. The van der Waals surface area contributed by atoms with Crippen molar-refractivity contribution in [3.63, 3.8) is 0 Å². The molecule has 0 unspecified atom stereocenters. The number of nitrogens with zero attached hydrogens (tertiary/aromatic N) is 2. The average molecular weight is 234 g/mol. The highest BCUT2D eigenvalue weighted by molar-refractivity contribution is 5.91. The molecule has 17 heavy (non-hydrogen) atoms. The summed E-state index contributed by atoms with van der Waals surface area (Å²) < 4.78 is 7.10. The maximum atomic E-state index is 11.3. The summed E-state index contributed by atoms with van der Waals surface area (Å²) in [5.41, 5.74) is 4.03. The lowest BCUT2D eigenvalue weighted by atomic mass is 10.2. The van der Waals surface area contributed by atoms with Crippen molar-refractivity contribution >= 4 is 5.91 Å². The Labute approximate surface area is 98.4 Å². The Hall–Kier alpha value is -2.08. The molecule has 0 spiro atoms. The first-order valence-corrected chi connectivity index (χ1v) is 5.19. The van der Waals surface area contributed by atoms with E-state index in [2.05, 4.69) is 5.10 Å². The van der Waals surface area contributed by atoms with E-state index in [1.54, 1.807) is 23.9 Å². The molecule has 0 aliphatic heterocycles. The Morgan fingerprint density at radius 1 is 1.59 bits per heavy atom. The zero-order valence-electron chi connectivity index (χ0n) is 9.73. The Morgan fingerprint density at radius 2 is 2.35 bits per heavy atom. The number of aromatic nitrogens is 2. The number of hydrogen-bond donors (Lipinski definition) is 2. The molecule has 0 bridgehead atoms. The number of nitrogens with two attached hydrogens (primary N) is 1. The molecular weight excluding hydrogens is 220 g/mol. The van der Waals surface area contributed by atoms with Gasteiger partial charge in [0.1, 0.15) is 5.76 Å². The number of nitrogens with one attached hydrogen (secondary N) is 1. The van der Waals surface area contributed by atoms with Crippen molar-refractivity contribution in [3.8, 4) is 0 Å². The summed E-state index contributed by atoms with van der Waals surface area (Å²) in [5.74, 6) is 5.51. The molecule has 6 heteroatoms. The molecule has 90 valence electrons. The van der Waals surface area contributed by atoms with Crippen LogP contribution in [0, 0.1) is 13.8 Å². The quantitative estimate of drug-likeness (QED) is 0.466. The fourth-order valence-electron chi connectivity index (χ4n) is 1.59. The van der Waals surface area contributed by atoms with Gasteiger partial charge in [-0.1, -0.05) is 0 Å². The molecule has 0 aliphatic carbocycles. The Kier molecular flexibility index (Phi) is 2.97. The molecule has 0 saturated carbocycles. The molecule has 0 atom stereocenters. The van der Waals surface area contributed by atoms with Crippen LogP contribution in [0.3, 0.4) is 0 Å². The third-order valence-corrected chi connectivity index (χ3v) is 2.47. The maximum Gasteiger partial charge on any atom is 0.300 e. The minimum absolute atomic E-state index is 0.212. The monoisotopic (exact) mass is 234 g/mol. The van der Waals surface area contributed by atoms with Crippen molar-refractivity contribution in [3.05, 3.63) is 41.1 Å². The standard InChI is InChI=1S/C11H14N4O2/c1-7-4-13-15(5-7)6-9-3-10(11(16)14-12)17-8(9)2/h3-5H,6,12H2,1-2H3,(H,14,16). The van der Waals surface area contributed by atoms with E-state index in [4.69, 9.17) is 10.3 Å². The minimum Gasteiger partial charge on any atom is -0.456 e.